The standard InChI is InChI=1S/C15H15NO4/c1-3-10(13(9-16)15(19)20-4-2)11-7-5-6-8-12(11)14(17)18/h5-8H,3-4H2,1-2H3,(H,17,18). The number of ether oxygens (including phenoxy) is 1. The minimum absolute atomic E-state index is 0.0569. The first-order valence-electron chi connectivity index (χ1n) is 6.19. The number of carboxylic acid groups (broad SMARTS) is 1. The first kappa shape index (κ1) is 15.4. The molecule has 1 N–H and O–H groups in total. The van der Waals surface area contributed by atoms with E-state index in [2.05, 4.69) is 0 Å². The maximum absolute atomic E-state index is 11.8. The van der Waals surface area contributed by atoms with Crippen LogP contribution in [0.2, 0.25) is 0 Å². The van der Waals surface area contributed by atoms with Gasteiger partial charge in [0, 0.05) is 0 Å². The summed E-state index contributed by atoms with van der Waals surface area (Å²) >= 11 is 0. The number of hydrogen-bond acceptors (Lipinski definition) is 4. The smallest absolute Gasteiger partial charge is 0.349 e. The van der Waals surface area contributed by atoms with Crippen LogP contribution in [0.15, 0.2) is 29.8 Å². The minimum Gasteiger partial charge on any atom is -0.478 e. The van der Waals surface area contributed by atoms with Crippen molar-refractivity contribution in [3.63, 3.8) is 0 Å². The van der Waals surface area contributed by atoms with Crippen molar-refractivity contribution in [3.8, 4) is 6.07 Å². The molecule has 0 saturated heterocycles. The molecule has 0 aromatic heterocycles. The van der Waals surface area contributed by atoms with Crippen molar-refractivity contribution < 1.29 is 19.4 Å². The highest BCUT2D eigenvalue weighted by Gasteiger charge is 2.20. The molecule has 0 heterocycles. The van der Waals surface area contributed by atoms with Gasteiger partial charge in [-0.3, -0.25) is 0 Å². The van der Waals surface area contributed by atoms with E-state index in [4.69, 9.17) is 10.00 Å². The molecule has 0 unspecified atom stereocenters. The van der Waals surface area contributed by atoms with E-state index < -0.39 is 11.9 Å². The van der Waals surface area contributed by atoms with Crippen molar-refractivity contribution in [1.82, 2.24) is 0 Å². The lowest BCUT2D eigenvalue weighted by atomic mass is 9.94. The highest BCUT2D eigenvalue weighted by molar-refractivity contribution is 6.04. The average molecular weight is 273 g/mol. The van der Waals surface area contributed by atoms with E-state index in [9.17, 15) is 14.7 Å². The highest BCUT2D eigenvalue weighted by Crippen LogP contribution is 2.26. The number of esters is 1. The predicted molar refractivity (Wildman–Crippen MR) is 72.9 cm³/mol. The molecule has 0 aliphatic heterocycles. The van der Waals surface area contributed by atoms with Gasteiger partial charge in [-0.2, -0.15) is 5.26 Å². The van der Waals surface area contributed by atoms with Gasteiger partial charge < -0.3 is 9.84 Å². The second-order valence-corrected chi connectivity index (χ2v) is 3.89. The maximum atomic E-state index is 11.8. The normalized spacial score (nSPS) is 11.2. The summed E-state index contributed by atoms with van der Waals surface area (Å²) in [6.45, 7) is 3.55. The molecule has 1 aromatic carbocycles. The number of carbonyl (C=O) groups excluding carboxylic acids is 1. The van der Waals surface area contributed by atoms with Gasteiger partial charge in [-0.15, -0.1) is 0 Å². The number of carbonyl (C=O) groups is 2. The first-order valence-corrected chi connectivity index (χ1v) is 6.19. The summed E-state index contributed by atoms with van der Waals surface area (Å²) in [7, 11) is 0. The van der Waals surface area contributed by atoms with E-state index in [1.807, 2.05) is 6.07 Å². The van der Waals surface area contributed by atoms with Crippen LogP contribution in [-0.2, 0) is 9.53 Å². The number of aromatic carboxylic acids is 1. The van der Waals surface area contributed by atoms with Crippen molar-refractivity contribution in [1.29, 1.82) is 5.26 Å². The number of nitrogens with zero attached hydrogens (tertiary/aromatic N) is 1. The Kier molecular flexibility index (Phi) is 5.48. The Morgan fingerprint density at radius 2 is 1.85 bits per heavy atom. The average Bonchev–Trinajstić information content (AvgIpc) is 2.44. The fraction of sp³-hybridized carbons (Fsp3) is 0.267. The zero-order chi connectivity index (χ0) is 15.1. The molecule has 5 nitrogen and oxygen atoms in total. The molecular formula is C15H15NO4. The van der Waals surface area contributed by atoms with Crippen molar-refractivity contribution in [2.75, 3.05) is 6.61 Å². The fourth-order valence-electron chi connectivity index (χ4n) is 1.87. The summed E-state index contributed by atoms with van der Waals surface area (Å²) in [4.78, 5) is 23.0. The Bertz CT molecular complexity index is 596. The van der Waals surface area contributed by atoms with Crippen LogP contribution in [-0.4, -0.2) is 23.7 Å². The van der Waals surface area contributed by atoms with Gasteiger partial charge in [-0.1, -0.05) is 25.1 Å². The van der Waals surface area contributed by atoms with Crippen LogP contribution in [0.4, 0.5) is 0 Å². The molecular weight excluding hydrogens is 258 g/mol. The summed E-state index contributed by atoms with van der Waals surface area (Å²) in [5, 5.41) is 18.3. The van der Waals surface area contributed by atoms with Crippen LogP contribution < -0.4 is 0 Å². The van der Waals surface area contributed by atoms with E-state index in [0.717, 1.165) is 0 Å². The maximum Gasteiger partial charge on any atom is 0.349 e. The Labute approximate surface area is 117 Å². The third-order valence-electron chi connectivity index (χ3n) is 2.73. The molecule has 0 saturated carbocycles. The van der Waals surface area contributed by atoms with Crippen LogP contribution in [0, 0.1) is 11.3 Å². The third-order valence-corrected chi connectivity index (χ3v) is 2.73. The quantitative estimate of drug-likeness (QED) is 0.506. The van der Waals surface area contributed by atoms with Crippen molar-refractivity contribution in [2.45, 2.75) is 20.3 Å². The summed E-state index contributed by atoms with van der Waals surface area (Å²) in [5.74, 6) is -1.83. The lowest BCUT2D eigenvalue weighted by Gasteiger charge is -2.11. The van der Waals surface area contributed by atoms with Crippen LogP contribution >= 0.6 is 0 Å². The molecule has 0 aliphatic rings. The van der Waals surface area contributed by atoms with E-state index >= 15 is 0 Å². The van der Waals surface area contributed by atoms with Crippen molar-refractivity contribution >= 4 is 17.5 Å². The van der Waals surface area contributed by atoms with Crippen LogP contribution in [0.3, 0.4) is 0 Å². The van der Waals surface area contributed by atoms with Gasteiger partial charge in [0.1, 0.15) is 11.6 Å². The molecule has 0 amide bonds. The van der Waals surface area contributed by atoms with Gasteiger partial charge in [0.15, 0.2) is 0 Å². The number of nitriles is 1. The number of allylic oxidation sites excluding steroid dienone is 1. The fourth-order valence-corrected chi connectivity index (χ4v) is 1.87. The number of carboxylic acids is 1. The van der Waals surface area contributed by atoms with Gasteiger partial charge in [-0.05, 0) is 30.5 Å². The topological polar surface area (TPSA) is 87.4 Å². The van der Waals surface area contributed by atoms with Gasteiger partial charge in [0.2, 0.25) is 0 Å². The molecule has 0 bridgehead atoms. The largest absolute Gasteiger partial charge is 0.478 e. The summed E-state index contributed by atoms with van der Waals surface area (Å²) < 4.78 is 4.83. The SMILES string of the molecule is CCOC(=O)C(C#N)=C(CC)c1ccccc1C(=O)O. The second kappa shape index (κ2) is 7.10. The Morgan fingerprint density at radius 3 is 2.30 bits per heavy atom. The van der Waals surface area contributed by atoms with Crippen LogP contribution in [0.1, 0.15) is 36.2 Å². The molecule has 0 radical (unpaired) electrons. The van der Waals surface area contributed by atoms with Gasteiger partial charge >= 0.3 is 11.9 Å². The molecule has 0 atom stereocenters. The van der Waals surface area contributed by atoms with Crippen molar-refractivity contribution in [2.24, 2.45) is 0 Å². The molecule has 104 valence electrons. The Hall–Kier alpha value is -2.61. The van der Waals surface area contributed by atoms with Gasteiger partial charge in [0.25, 0.3) is 0 Å². The monoisotopic (exact) mass is 273 g/mol. The van der Waals surface area contributed by atoms with Crippen LogP contribution in [0.25, 0.3) is 5.57 Å². The van der Waals surface area contributed by atoms with E-state index in [1.165, 1.54) is 6.07 Å². The molecule has 0 aliphatic carbocycles. The first-order chi connectivity index (χ1) is 9.56. The Balaban J connectivity index is 3.49. The summed E-state index contributed by atoms with van der Waals surface area (Å²) in [6, 6.07) is 8.09. The van der Waals surface area contributed by atoms with Crippen molar-refractivity contribution in [3.05, 3.63) is 41.0 Å². The van der Waals surface area contributed by atoms with Gasteiger partial charge in [0.05, 0.1) is 12.2 Å². The van der Waals surface area contributed by atoms with E-state index in [1.54, 1.807) is 32.0 Å². The second-order valence-electron chi connectivity index (χ2n) is 3.89. The molecule has 1 aromatic rings. The third kappa shape index (κ3) is 3.23. The number of benzene rings is 1. The Morgan fingerprint density at radius 1 is 1.25 bits per heavy atom. The molecule has 0 spiro atoms. The number of rotatable bonds is 5. The molecule has 0 fully saturated rings. The zero-order valence-corrected chi connectivity index (χ0v) is 11.3. The summed E-state index contributed by atoms with van der Waals surface area (Å²) in [6.07, 6.45) is 0.353. The molecule has 20 heavy (non-hydrogen) atoms. The summed E-state index contributed by atoms with van der Waals surface area (Å²) in [5.41, 5.74) is 0.653. The highest BCUT2D eigenvalue weighted by atomic mass is 16.5. The van der Waals surface area contributed by atoms with Gasteiger partial charge in [-0.25, -0.2) is 9.59 Å². The lowest BCUT2D eigenvalue weighted by molar-refractivity contribution is -0.137. The molecule has 5 heteroatoms. The van der Waals surface area contributed by atoms with E-state index in [0.29, 0.717) is 17.6 Å². The minimum atomic E-state index is -1.10. The lowest BCUT2D eigenvalue weighted by Crippen LogP contribution is -2.10. The number of hydrogen-bond donors (Lipinski definition) is 1. The predicted octanol–water partition coefficient (Wildman–Crippen LogP) is 2.64. The van der Waals surface area contributed by atoms with E-state index in [-0.39, 0.29) is 17.7 Å². The molecule has 1 rings (SSSR count). The zero-order valence-electron chi connectivity index (χ0n) is 11.3. The van der Waals surface area contributed by atoms with Crippen LogP contribution in [0.5, 0.6) is 0 Å².